The standard InChI is InChI=1S/CH2.2H3O3P.Tc/c;2*1-4(2)3;/h1H2;2*4H,(H2,1,2,3);. The van der Waals surface area contributed by atoms with Crippen LogP contribution in [0.2, 0.25) is 0 Å². The summed E-state index contributed by atoms with van der Waals surface area (Å²) in [6.45, 7) is 0. The first-order chi connectivity index (χ1) is 4.46. The van der Waals surface area contributed by atoms with Crippen LogP contribution < -0.4 is 0 Å². The number of rotatable bonds is 0. The molecular formula is CH8O6P2Tc. The van der Waals surface area contributed by atoms with E-state index < -0.39 is 16.5 Å². The van der Waals surface area contributed by atoms with E-state index in [1.165, 1.54) is 0 Å². The summed E-state index contributed by atoms with van der Waals surface area (Å²) < 4.78 is 17.5. The zero-order valence-electron chi connectivity index (χ0n) is 4.69. The molecule has 10 heavy (non-hydrogen) atoms. The van der Waals surface area contributed by atoms with Gasteiger partial charge in [0.25, 0.3) is 0 Å². The van der Waals surface area contributed by atoms with Gasteiger partial charge >= 0.3 is 40.0 Å². The van der Waals surface area contributed by atoms with Gasteiger partial charge in [-0.2, -0.15) is 0 Å². The molecule has 0 fully saturated rings. The molecule has 0 heterocycles. The summed E-state index contributed by atoms with van der Waals surface area (Å²) in [6, 6.07) is 0. The maximum absolute atomic E-state index is 8.74. The van der Waals surface area contributed by atoms with E-state index >= 15 is 0 Å². The van der Waals surface area contributed by atoms with E-state index in [-0.39, 0.29) is 0 Å². The maximum atomic E-state index is 8.74. The first-order valence-electron chi connectivity index (χ1n) is 1.57. The zero-order valence-corrected chi connectivity index (χ0v) is 8.55. The topological polar surface area (TPSA) is 115 Å². The fourth-order valence-corrected chi connectivity index (χ4v) is 0. The Morgan fingerprint density at radius 2 is 0.900 bits per heavy atom. The van der Waals surface area contributed by atoms with Gasteiger partial charge in [0.2, 0.25) is 0 Å². The molecule has 0 bridgehead atoms. The summed E-state index contributed by atoms with van der Waals surface area (Å²) in [7, 11) is -6.26. The molecule has 0 aliphatic carbocycles. The Morgan fingerprint density at radius 1 is 0.900 bits per heavy atom. The van der Waals surface area contributed by atoms with E-state index in [0.29, 0.717) is 0 Å². The van der Waals surface area contributed by atoms with Crippen LogP contribution in [0, 0.1) is 0 Å². The SMILES string of the molecule is O=[PH](O)O.O=[PH](O)O.[CH2]=[Tc]. The van der Waals surface area contributed by atoms with E-state index in [1.807, 2.05) is 18.4 Å². The van der Waals surface area contributed by atoms with Crippen LogP contribution in [-0.2, 0) is 27.6 Å². The Labute approximate surface area is 69.1 Å². The summed E-state index contributed by atoms with van der Waals surface area (Å²) in [5, 5.41) is 3.22. The number of hydrogen-bond donors (Lipinski definition) is 4. The Morgan fingerprint density at radius 3 is 0.900 bits per heavy atom. The predicted molar refractivity (Wildman–Crippen MR) is 34.0 cm³/mol. The quantitative estimate of drug-likeness (QED) is 0.408. The molecule has 0 atom stereocenters. The molecule has 6 nitrogen and oxygen atoms in total. The van der Waals surface area contributed by atoms with Crippen molar-refractivity contribution in [3.05, 3.63) is 0 Å². The minimum absolute atomic E-state index is 1.90. The van der Waals surface area contributed by atoms with Gasteiger partial charge in [0.1, 0.15) is 0 Å². The van der Waals surface area contributed by atoms with Gasteiger partial charge in [-0.25, -0.2) is 0 Å². The Kier molecular flexibility index (Phi) is 28.0. The number of hydrogen-bond acceptors (Lipinski definition) is 2. The summed E-state index contributed by atoms with van der Waals surface area (Å²) in [5.74, 6) is 0. The molecule has 9 heteroatoms. The monoisotopic (exact) mass is 275 g/mol. The van der Waals surface area contributed by atoms with Gasteiger partial charge in [0.15, 0.2) is 0 Å². The third kappa shape index (κ3) is 803. The van der Waals surface area contributed by atoms with Crippen molar-refractivity contribution in [2.75, 3.05) is 0 Å². The molecule has 0 radical (unpaired) electrons. The van der Waals surface area contributed by atoms with E-state index in [2.05, 4.69) is 5.03 Å². The minimum atomic E-state index is -3.13. The van der Waals surface area contributed by atoms with Crippen molar-refractivity contribution < 1.29 is 47.1 Å². The Balaban J connectivity index is -0.0000000787. The average molecular weight is 276 g/mol. The van der Waals surface area contributed by atoms with Crippen LogP contribution in [0.4, 0.5) is 0 Å². The summed E-state index contributed by atoms with van der Waals surface area (Å²) >= 11 is 1.90. The van der Waals surface area contributed by atoms with E-state index in [9.17, 15) is 0 Å². The summed E-state index contributed by atoms with van der Waals surface area (Å²) in [5.41, 5.74) is 0. The van der Waals surface area contributed by atoms with Crippen molar-refractivity contribution in [1.29, 1.82) is 0 Å². The Bertz CT molecular complexity index is 83.9. The molecule has 65 valence electrons. The van der Waals surface area contributed by atoms with E-state index in [4.69, 9.17) is 28.7 Å². The van der Waals surface area contributed by atoms with Crippen molar-refractivity contribution in [1.82, 2.24) is 0 Å². The van der Waals surface area contributed by atoms with Gasteiger partial charge in [-0.05, 0) is 0 Å². The zero-order chi connectivity index (χ0) is 9.15. The molecule has 0 rings (SSSR count). The van der Waals surface area contributed by atoms with Crippen molar-refractivity contribution in [3.8, 4) is 0 Å². The molecule has 0 unspecified atom stereocenters. The van der Waals surface area contributed by atoms with Crippen molar-refractivity contribution >= 4 is 21.5 Å². The van der Waals surface area contributed by atoms with Gasteiger partial charge in [-0.1, -0.05) is 0 Å². The average Bonchev–Trinajstić information content (AvgIpc) is 1.66. The third-order valence-corrected chi connectivity index (χ3v) is 0. The molecule has 0 aromatic heterocycles. The van der Waals surface area contributed by atoms with Gasteiger partial charge in [-0.3, -0.25) is 9.13 Å². The van der Waals surface area contributed by atoms with E-state index in [0.717, 1.165) is 0 Å². The van der Waals surface area contributed by atoms with Crippen LogP contribution in [0.1, 0.15) is 0 Å². The molecule has 0 amide bonds. The van der Waals surface area contributed by atoms with Gasteiger partial charge in [-0.15, -0.1) is 0 Å². The van der Waals surface area contributed by atoms with Crippen LogP contribution in [0.5, 0.6) is 0 Å². The molecule has 0 aliphatic rings. The summed E-state index contributed by atoms with van der Waals surface area (Å²) in [4.78, 5) is 28.6. The second-order valence-electron chi connectivity index (χ2n) is 0.565. The van der Waals surface area contributed by atoms with Gasteiger partial charge in [0, 0.05) is 0 Å². The van der Waals surface area contributed by atoms with Crippen molar-refractivity contribution in [2.24, 2.45) is 0 Å². The molecular weight excluding hydrogens is 268 g/mol. The summed E-state index contributed by atoms with van der Waals surface area (Å²) in [6.07, 6.45) is 0. The third-order valence-electron chi connectivity index (χ3n) is 0. The first-order valence-corrected chi connectivity index (χ1v) is 5.49. The van der Waals surface area contributed by atoms with Crippen LogP contribution >= 0.6 is 16.5 Å². The molecule has 0 aliphatic heterocycles. The van der Waals surface area contributed by atoms with E-state index in [1.54, 1.807) is 0 Å². The molecule has 0 saturated carbocycles. The van der Waals surface area contributed by atoms with Crippen LogP contribution in [-0.4, -0.2) is 24.6 Å². The second kappa shape index (κ2) is 16.4. The molecule has 0 saturated heterocycles. The van der Waals surface area contributed by atoms with Crippen LogP contribution in [0.15, 0.2) is 0 Å². The fourth-order valence-electron chi connectivity index (χ4n) is 0. The van der Waals surface area contributed by atoms with Crippen LogP contribution in [0.25, 0.3) is 0 Å². The second-order valence-corrected chi connectivity index (χ2v) is 1.70. The van der Waals surface area contributed by atoms with Crippen LogP contribution in [0.3, 0.4) is 0 Å². The fraction of sp³-hybridized carbons (Fsp3) is 0. The molecule has 0 aromatic carbocycles. The van der Waals surface area contributed by atoms with Gasteiger partial charge < -0.3 is 19.6 Å². The first kappa shape index (κ1) is 17.1. The molecule has 0 spiro atoms. The molecule has 0 aromatic rings. The van der Waals surface area contributed by atoms with Crippen molar-refractivity contribution in [2.45, 2.75) is 0 Å². The predicted octanol–water partition coefficient (Wildman–Crippen LogP) is -1.31. The Hall–Kier alpha value is 0.819. The van der Waals surface area contributed by atoms with Gasteiger partial charge in [0.05, 0.1) is 0 Å². The molecule has 4 N–H and O–H groups in total. The van der Waals surface area contributed by atoms with Crippen molar-refractivity contribution in [3.63, 3.8) is 0 Å². The normalized spacial score (nSPS) is 7.40.